The molecule has 0 aliphatic heterocycles. The number of benzene rings is 1. The fourth-order valence-corrected chi connectivity index (χ4v) is 1.37. The monoisotopic (exact) mass is 241 g/mol. The number of β-amino-alcohol motifs (C(OH)–C–C–N with tert-alkyl or cyclic N) is 1. The summed E-state index contributed by atoms with van der Waals surface area (Å²) >= 11 is 0. The smallest absolute Gasteiger partial charge is 0.121 e. The van der Waals surface area contributed by atoms with Gasteiger partial charge in [-0.3, -0.25) is 0 Å². The number of rotatable bonds is 4. The predicted molar refractivity (Wildman–Crippen MR) is 66.7 cm³/mol. The molecule has 0 unspecified atom stereocenters. The van der Waals surface area contributed by atoms with Gasteiger partial charge >= 0.3 is 0 Å². The Morgan fingerprint density at radius 1 is 1.41 bits per heavy atom. The molecule has 0 saturated carbocycles. The van der Waals surface area contributed by atoms with Crippen LogP contribution in [-0.2, 0) is 6.56 Å². The second-order valence-electron chi connectivity index (χ2n) is 5.04. The summed E-state index contributed by atoms with van der Waals surface area (Å²) < 4.78 is 14.4. The van der Waals surface area contributed by atoms with Gasteiger partial charge in [0, 0.05) is 17.6 Å². The number of hydrogen-bond donors (Lipinski definition) is 4. The van der Waals surface area contributed by atoms with E-state index in [0.29, 0.717) is 12.1 Å². The quantitative estimate of drug-likeness (QED) is 0.641. The molecule has 0 aliphatic rings. The SMILES string of the molecule is [2H]C([2H])(O)c1cc([C@@H](O)CNC(C)(C)C)ccc1O. The summed E-state index contributed by atoms with van der Waals surface area (Å²) in [6.45, 7) is 3.55. The molecule has 0 radical (unpaired) electrons. The summed E-state index contributed by atoms with van der Waals surface area (Å²) in [4.78, 5) is 0. The Labute approximate surface area is 105 Å². The van der Waals surface area contributed by atoms with E-state index in [1.165, 1.54) is 18.2 Å². The molecule has 0 fully saturated rings. The van der Waals surface area contributed by atoms with Crippen LogP contribution in [0.2, 0.25) is 0 Å². The third-order valence-corrected chi connectivity index (χ3v) is 2.35. The normalized spacial score (nSPS) is 16.3. The Morgan fingerprint density at radius 2 is 2.06 bits per heavy atom. The minimum Gasteiger partial charge on any atom is -0.508 e. The number of hydrogen-bond acceptors (Lipinski definition) is 4. The molecule has 17 heavy (non-hydrogen) atoms. The second-order valence-corrected chi connectivity index (χ2v) is 5.04. The van der Waals surface area contributed by atoms with Crippen molar-refractivity contribution >= 4 is 0 Å². The third kappa shape index (κ3) is 4.34. The van der Waals surface area contributed by atoms with Gasteiger partial charge in [-0.15, -0.1) is 0 Å². The molecule has 4 N–H and O–H groups in total. The molecule has 1 rings (SSSR count). The van der Waals surface area contributed by atoms with Gasteiger partial charge in [-0.05, 0) is 38.5 Å². The van der Waals surface area contributed by atoms with Crippen molar-refractivity contribution in [2.75, 3.05) is 6.54 Å². The van der Waals surface area contributed by atoms with Crippen molar-refractivity contribution in [1.29, 1.82) is 0 Å². The van der Waals surface area contributed by atoms with Crippen LogP contribution in [0.25, 0.3) is 0 Å². The van der Waals surface area contributed by atoms with E-state index in [1.807, 2.05) is 20.8 Å². The summed E-state index contributed by atoms with van der Waals surface area (Å²) in [5.74, 6) is -0.341. The molecule has 1 aromatic carbocycles. The van der Waals surface area contributed by atoms with Crippen LogP contribution in [0.5, 0.6) is 5.75 Å². The maximum Gasteiger partial charge on any atom is 0.121 e. The highest BCUT2D eigenvalue weighted by molar-refractivity contribution is 5.36. The van der Waals surface area contributed by atoms with Gasteiger partial charge in [0.25, 0.3) is 0 Å². The van der Waals surface area contributed by atoms with Crippen LogP contribution in [-0.4, -0.2) is 27.4 Å². The van der Waals surface area contributed by atoms with Crippen molar-refractivity contribution in [3.05, 3.63) is 29.3 Å². The minimum absolute atomic E-state index is 0.147. The summed E-state index contributed by atoms with van der Waals surface area (Å²) in [6, 6.07) is 4.03. The van der Waals surface area contributed by atoms with Gasteiger partial charge in [-0.2, -0.15) is 0 Å². The van der Waals surface area contributed by atoms with Gasteiger partial charge in [0.2, 0.25) is 0 Å². The van der Waals surface area contributed by atoms with Crippen molar-refractivity contribution < 1.29 is 18.1 Å². The van der Waals surface area contributed by atoms with Gasteiger partial charge in [0.15, 0.2) is 0 Å². The third-order valence-electron chi connectivity index (χ3n) is 2.35. The lowest BCUT2D eigenvalue weighted by Crippen LogP contribution is -2.38. The lowest BCUT2D eigenvalue weighted by Gasteiger charge is -2.23. The van der Waals surface area contributed by atoms with Crippen LogP contribution in [0.15, 0.2) is 18.2 Å². The molecule has 1 atom stereocenters. The first kappa shape index (κ1) is 11.0. The van der Waals surface area contributed by atoms with E-state index in [4.69, 9.17) is 2.74 Å². The number of aromatic hydroxyl groups is 1. The van der Waals surface area contributed by atoms with E-state index in [-0.39, 0.29) is 16.9 Å². The Balaban J connectivity index is 2.90. The molecule has 4 heteroatoms. The predicted octanol–water partition coefficient (Wildman–Crippen LogP) is 1.31. The van der Waals surface area contributed by atoms with Gasteiger partial charge in [0.05, 0.1) is 15.4 Å². The van der Waals surface area contributed by atoms with E-state index >= 15 is 0 Å². The second kappa shape index (κ2) is 5.49. The fraction of sp³-hybridized carbons (Fsp3) is 0.538. The lowest BCUT2D eigenvalue weighted by molar-refractivity contribution is 0.163. The topological polar surface area (TPSA) is 72.7 Å². The molecule has 0 saturated heterocycles. The van der Waals surface area contributed by atoms with Crippen LogP contribution in [0, 0.1) is 0 Å². The Morgan fingerprint density at radius 3 is 2.59 bits per heavy atom. The van der Waals surface area contributed by atoms with Crippen LogP contribution in [0.3, 0.4) is 0 Å². The number of phenols is 1. The number of aliphatic hydroxyl groups excluding tert-OH is 1. The molecular weight excluding hydrogens is 218 g/mol. The Bertz CT molecular complexity index is 438. The van der Waals surface area contributed by atoms with Crippen LogP contribution in [0.4, 0.5) is 0 Å². The molecule has 0 aliphatic carbocycles. The molecule has 0 bridgehead atoms. The summed E-state index contributed by atoms with van der Waals surface area (Å²) in [7, 11) is 0. The molecule has 96 valence electrons. The fourth-order valence-electron chi connectivity index (χ4n) is 1.37. The largest absolute Gasteiger partial charge is 0.508 e. The average Bonchev–Trinajstić information content (AvgIpc) is 2.24. The minimum atomic E-state index is -2.64. The van der Waals surface area contributed by atoms with Crippen molar-refractivity contribution in [2.45, 2.75) is 39.0 Å². The highest BCUT2D eigenvalue weighted by Gasteiger charge is 2.14. The van der Waals surface area contributed by atoms with E-state index in [1.54, 1.807) is 0 Å². The summed E-state index contributed by atoms with van der Waals surface area (Å²) in [6.07, 6.45) is -0.846. The van der Waals surface area contributed by atoms with Crippen LogP contribution < -0.4 is 5.32 Å². The van der Waals surface area contributed by atoms with Crippen molar-refractivity contribution in [2.24, 2.45) is 0 Å². The molecule has 0 spiro atoms. The average molecular weight is 241 g/mol. The van der Waals surface area contributed by atoms with Gasteiger partial charge in [-0.1, -0.05) is 6.07 Å². The first-order valence-corrected chi connectivity index (χ1v) is 5.49. The first-order chi connectivity index (χ1) is 8.50. The molecule has 4 nitrogen and oxygen atoms in total. The van der Waals surface area contributed by atoms with Crippen molar-refractivity contribution in [1.82, 2.24) is 5.32 Å². The van der Waals surface area contributed by atoms with Crippen molar-refractivity contribution in [3.63, 3.8) is 0 Å². The standard InChI is InChI=1S/C13H21NO3/c1-13(2,3)14-7-12(17)9-4-5-11(16)10(6-9)8-15/h4-6,12,14-17H,7-8H2,1-3H3/t12-/m0/s1/i8D2. The van der Waals surface area contributed by atoms with E-state index in [2.05, 4.69) is 5.32 Å². The maximum atomic E-state index is 10.0. The number of aliphatic hydroxyl groups is 2. The first-order valence-electron chi connectivity index (χ1n) is 6.49. The highest BCUT2D eigenvalue weighted by Crippen LogP contribution is 2.22. The molecule has 1 aromatic rings. The zero-order valence-corrected chi connectivity index (χ0v) is 10.4. The van der Waals surface area contributed by atoms with Crippen LogP contribution >= 0.6 is 0 Å². The zero-order chi connectivity index (χ0) is 14.8. The van der Waals surface area contributed by atoms with Gasteiger partial charge in [0.1, 0.15) is 5.75 Å². The Hall–Kier alpha value is -1.10. The van der Waals surface area contributed by atoms with Gasteiger partial charge in [-0.25, -0.2) is 0 Å². The summed E-state index contributed by atoms with van der Waals surface area (Å²) in [5, 5.41) is 32.0. The lowest BCUT2D eigenvalue weighted by atomic mass is 10.0. The van der Waals surface area contributed by atoms with E-state index in [9.17, 15) is 15.3 Å². The van der Waals surface area contributed by atoms with E-state index in [0.717, 1.165) is 0 Å². The molecular formula is C13H21NO3. The number of nitrogens with one attached hydrogen (secondary N) is 1. The zero-order valence-electron chi connectivity index (χ0n) is 12.4. The van der Waals surface area contributed by atoms with Crippen LogP contribution in [0.1, 0.15) is 40.7 Å². The van der Waals surface area contributed by atoms with Gasteiger partial charge < -0.3 is 20.6 Å². The molecule has 0 heterocycles. The molecule has 0 aromatic heterocycles. The molecule has 0 amide bonds. The summed E-state index contributed by atoms with van der Waals surface area (Å²) in [5.41, 5.74) is 0.0362. The van der Waals surface area contributed by atoms with E-state index < -0.39 is 12.7 Å². The maximum absolute atomic E-state index is 10.0. The van der Waals surface area contributed by atoms with Crippen molar-refractivity contribution in [3.8, 4) is 5.75 Å². The highest BCUT2D eigenvalue weighted by atomic mass is 16.3. The Kier molecular flexibility index (Phi) is 3.56.